The molecule has 3 heterocycles. The Morgan fingerprint density at radius 2 is 1.63 bits per heavy atom. The number of anilines is 1. The average Bonchev–Trinajstić information content (AvgIpc) is 3.41. The molecule has 174 valence electrons. The first-order valence-corrected chi connectivity index (χ1v) is 10.9. The second-order valence-corrected chi connectivity index (χ2v) is 8.56. The second kappa shape index (κ2) is 7.54. The van der Waals surface area contributed by atoms with Crippen LogP contribution in [0.1, 0.15) is 32.3 Å². The fourth-order valence-corrected chi connectivity index (χ4v) is 4.86. The molecule has 11 heteroatoms. The smallest absolute Gasteiger partial charge is 0.282 e. The first-order valence-electron chi connectivity index (χ1n) is 10.5. The van der Waals surface area contributed by atoms with Gasteiger partial charge < -0.3 is 14.4 Å². The van der Waals surface area contributed by atoms with Crippen LogP contribution in [0.4, 0.5) is 11.4 Å². The zero-order valence-electron chi connectivity index (χ0n) is 17.7. The molecule has 0 aromatic heterocycles. The molecule has 0 spiro atoms. The van der Waals surface area contributed by atoms with Crippen molar-refractivity contribution in [2.24, 2.45) is 0 Å². The van der Waals surface area contributed by atoms with Crippen LogP contribution in [0.5, 0.6) is 11.5 Å². The number of imide groups is 1. The molecule has 1 saturated heterocycles. The molecule has 1 fully saturated rings. The van der Waals surface area contributed by atoms with E-state index in [9.17, 15) is 24.5 Å². The summed E-state index contributed by atoms with van der Waals surface area (Å²) in [5.41, 5.74) is 0.209. The Hall–Kier alpha value is -4.44. The van der Waals surface area contributed by atoms with Gasteiger partial charge in [0.05, 0.1) is 16.5 Å². The van der Waals surface area contributed by atoms with Crippen LogP contribution in [0.2, 0.25) is 5.02 Å². The number of carbonyl (C=O) groups is 3. The highest BCUT2D eigenvalue weighted by molar-refractivity contribution is 6.30. The molecule has 0 aliphatic carbocycles. The van der Waals surface area contributed by atoms with E-state index in [4.69, 9.17) is 21.1 Å². The minimum absolute atomic E-state index is 0.0504. The van der Waals surface area contributed by atoms with E-state index in [2.05, 4.69) is 0 Å². The predicted molar refractivity (Wildman–Crippen MR) is 122 cm³/mol. The van der Waals surface area contributed by atoms with E-state index in [1.807, 2.05) is 0 Å². The lowest BCUT2D eigenvalue weighted by Crippen LogP contribution is -2.67. The quantitative estimate of drug-likeness (QED) is 0.236. The van der Waals surface area contributed by atoms with Gasteiger partial charge in [-0.1, -0.05) is 23.7 Å². The molecule has 0 N–H and O–H groups in total. The topological polar surface area (TPSA) is 119 Å². The van der Waals surface area contributed by atoms with Gasteiger partial charge in [0, 0.05) is 16.8 Å². The van der Waals surface area contributed by atoms with Gasteiger partial charge in [0.1, 0.15) is 11.6 Å². The molecule has 2 atom stereocenters. The number of hydrogen-bond donors (Lipinski definition) is 0. The van der Waals surface area contributed by atoms with Gasteiger partial charge in [-0.3, -0.25) is 29.4 Å². The molecule has 2 unspecified atom stereocenters. The first-order chi connectivity index (χ1) is 16.9. The number of hydrogen-bond acceptors (Lipinski definition) is 7. The highest BCUT2D eigenvalue weighted by Crippen LogP contribution is 2.47. The van der Waals surface area contributed by atoms with Gasteiger partial charge in [-0.15, -0.1) is 0 Å². The van der Waals surface area contributed by atoms with Crippen molar-refractivity contribution in [3.63, 3.8) is 0 Å². The monoisotopic (exact) mass is 491 g/mol. The van der Waals surface area contributed by atoms with Gasteiger partial charge in [-0.2, -0.15) is 0 Å². The van der Waals surface area contributed by atoms with E-state index in [1.54, 1.807) is 42.5 Å². The van der Waals surface area contributed by atoms with Crippen molar-refractivity contribution < 1.29 is 28.8 Å². The van der Waals surface area contributed by atoms with Crippen LogP contribution in [-0.2, 0) is 4.79 Å². The van der Waals surface area contributed by atoms with Gasteiger partial charge in [0.25, 0.3) is 23.4 Å². The predicted octanol–water partition coefficient (Wildman–Crippen LogP) is 3.73. The van der Waals surface area contributed by atoms with Crippen molar-refractivity contribution in [1.29, 1.82) is 0 Å². The number of nitrogens with zero attached hydrogens (tertiary/aromatic N) is 3. The Labute approximate surface area is 202 Å². The third-order valence-corrected chi connectivity index (χ3v) is 6.56. The van der Waals surface area contributed by atoms with Gasteiger partial charge in [-0.05, 0) is 48.0 Å². The molecule has 6 rings (SSSR count). The summed E-state index contributed by atoms with van der Waals surface area (Å²) in [6, 6.07) is 13.5. The molecule has 0 bridgehead atoms. The number of rotatable bonds is 4. The lowest BCUT2D eigenvalue weighted by Gasteiger charge is -2.49. The minimum atomic E-state index is -1.21. The summed E-state index contributed by atoms with van der Waals surface area (Å²) < 4.78 is 10.8. The molecule has 3 amide bonds. The van der Waals surface area contributed by atoms with Crippen molar-refractivity contribution >= 4 is 40.7 Å². The number of β-lactam (4-membered cyclic amide) rings is 1. The SMILES string of the molecule is O=C1c2cccc([N+](=O)[O-])c2C(=O)N1C1C(=O)N(c2ccc(Cl)cc2)C1c1ccc2c(c1)OCO2. The van der Waals surface area contributed by atoms with E-state index >= 15 is 0 Å². The number of amides is 3. The standard InChI is InChI=1S/C24H14ClN3O7/c25-13-5-7-14(8-6-13)26-20(12-4-9-17-18(10-12)35-11-34-17)21(24(26)31)27-22(29)15-2-1-3-16(28(32)33)19(15)23(27)30/h1-10,20-21H,11H2. The fraction of sp³-hybridized carbons (Fsp3) is 0.125. The zero-order valence-corrected chi connectivity index (χ0v) is 18.5. The number of nitro benzene ring substituents is 1. The molecular weight excluding hydrogens is 478 g/mol. The number of fused-ring (bicyclic) bond motifs is 2. The number of ether oxygens (including phenoxy) is 2. The summed E-state index contributed by atoms with van der Waals surface area (Å²) in [4.78, 5) is 53.1. The van der Waals surface area contributed by atoms with E-state index in [0.717, 1.165) is 11.0 Å². The highest BCUT2D eigenvalue weighted by atomic mass is 35.5. The maximum absolute atomic E-state index is 13.5. The number of nitro groups is 1. The fourth-order valence-electron chi connectivity index (χ4n) is 4.73. The summed E-state index contributed by atoms with van der Waals surface area (Å²) in [7, 11) is 0. The van der Waals surface area contributed by atoms with Crippen molar-refractivity contribution in [2.75, 3.05) is 11.7 Å². The molecule has 0 saturated carbocycles. The third-order valence-electron chi connectivity index (χ3n) is 6.31. The molecule has 0 radical (unpaired) electrons. The number of halogens is 1. The normalized spacial score (nSPS) is 20.2. The van der Waals surface area contributed by atoms with Crippen LogP contribution in [-0.4, -0.2) is 40.4 Å². The molecule has 3 aliphatic heterocycles. The second-order valence-electron chi connectivity index (χ2n) is 8.12. The molecule has 10 nitrogen and oxygen atoms in total. The van der Waals surface area contributed by atoms with E-state index in [0.29, 0.717) is 27.8 Å². The van der Waals surface area contributed by atoms with E-state index in [-0.39, 0.29) is 17.9 Å². The highest BCUT2D eigenvalue weighted by Gasteiger charge is 2.58. The Balaban J connectivity index is 1.45. The largest absolute Gasteiger partial charge is 0.454 e. The molecular formula is C24H14ClN3O7. The maximum Gasteiger partial charge on any atom is 0.282 e. The molecule has 3 aromatic carbocycles. The first kappa shape index (κ1) is 21.1. The van der Waals surface area contributed by atoms with E-state index < -0.39 is 40.4 Å². The molecule has 35 heavy (non-hydrogen) atoms. The summed E-state index contributed by atoms with van der Waals surface area (Å²) in [6.07, 6.45) is 0. The summed E-state index contributed by atoms with van der Waals surface area (Å²) >= 11 is 6.01. The van der Waals surface area contributed by atoms with Crippen molar-refractivity contribution in [3.8, 4) is 11.5 Å². The Bertz CT molecular complexity index is 1460. The van der Waals surface area contributed by atoms with Gasteiger partial charge >= 0.3 is 0 Å². The van der Waals surface area contributed by atoms with Crippen LogP contribution < -0.4 is 14.4 Å². The zero-order chi connectivity index (χ0) is 24.4. The van der Waals surface area contributed by atoms with Crippen LogP contribution >= 0.6 is 11.6 Å². The van der Waals surface area contributed by atoms with Crippen LogP contribution in [0.3, 0.4) is 0 Å². The number of carbonyl (C=O) groups excluding carboxylic acids is 3. The lowest BCUT2D eigenvalue weighted by molar-refractivity contribution is -0.385. The summed E-state index contributed by atoms with van der Waals surface area (Å²) in [5, 5.41) is 12.0. The van der Waals surface area contributed by atoms with Crippen molar-refractivity contribution in [2.45, 2.75) is 12.1 Å². The van der Waals surface area contributed by atoms with Crippen LogP contribution in [0, 0.1) is 10.1 Å². The number of benzene rings is 3. The van der Waals surface area contributed by atoms with Gasteiger partial charge in [0.15, 0.2) is 11.5 Å². The Morgan fingerprint density at radius 1 is 0.886 bits per heavy atom. The lowest BCUT2D eigenvalue weighted by atomic mass is 9.86. The van der Waals surface area contributed by atoms with Crippen molar-refractivity contribution in [3.05, 3.63) is 92.5 Å². The van der Waals surface area contributed by atoms with Crippen molar-refractivity contribution in [1.82, 2.24) is 4.90 Å². The third kappa shape index (κ3) is 3.00. The average molecular weight is 492 g/mol. The Morgan fingerprint density at radius 3 is 2.37 bits per heavy atom. The van der Waals surface area contributed by atoms with Crippen LogP contribution in [0.25, 0.3) is 0 Å². The molecule has 3 aliphatic rings. The van der Waals surface area contributed by atoms with Gasteiger partial charge in [-0.25, -0.2) is 0 Å². The van der Waals surface area contributed by atoms with E-state index in [1.165, 1.54) is 17.0 Å². The molecule has 3 aromatic rings. The van der Waals surface area contributed by atoms with Gasteiger partial charge in [0.2, 0.25) is 6.79 Å². The summed E-state index contributed by atoms with van der Waals surface area (Å²) in [5.74, 6) is -1.14. The summed E-state index contributed by atoms with van der Waals surface area (Å²) in [6.45, 7) is 0.0504. The maximum atomic E-state index is 13.5. The minimum Gasteiger partial charge on any atom is -0.454 e. The Kier molecular flexibility index (Phi) is 4.55. The van der Waals surface area contributed by atoms with Crippen LogP contribution in [0.15, 0.2) is 60.7 Å².